The molecular weight excluding hydrogens is 308 g/mol. The van der Waals surface area contributed by atoms with E-state index in [1.807, 2.05) is 18.2 Å². The number of hydrogen-bond donors (Lipinski definition) is 2. The molecule has 0 saturated heterocycles. The van der Waals surface area contributed by atoms with Gasteiger partial charge in [-0.15, -0.1) is 0 Å². The molecule has 0 bridgehead atoms. The van der Waals surface area contributed by atoms with Crippen LogP contribution in [0.25, 0.3) is 11.1 Å². The average Bonchev–Trinajstić information content (AvgIpc) is 2.90. The van der Waals surface area contributed by atoms with Gasteiger partial charge in [-0.2, -0.15) is 0 Å². The lowest BCUT2D eigenvalue weighted by Gasteiger charge is -2.11. The van der Waals surface area contributed by atoms with E-state index in [1.54, 1.807) is 18.2 Å². The summed E-state index contributed by atoms with van der Waals surface area (Å²) in [5.74, 6) is 0.857. The van der Waals surface area contributed by atoms with Gasteiger partial charge in [0, 0.05) is 0 Å². The highest BCUT2D eigenvalue weighted by molar-refractivity contribution is 5.99. The van der Waals surface area contributed by atoms with Gasteiger partial charge in [0.1, 0.15) is 24.7 Å². The number of ether oxygens (including phenoxy) is 2. The van der Waals surface area contributed by atoms with Crippen LogP contribution in [0.2, 0.25) is 0 Å². The quantitative estimate of drug-likeness (QED) is 0.835. The number of carbonyl (C=O) groups is 2. The molecule has 0 saturated carbocycles. The Morgan fingerprint density at radius 2 is 1.33 bits per heavy atom. The van der Waals surface area contributed by atoms with E-state index in [1.165, 1.54) is 0 Å². The third kappa shape index (κ3) is 2.56. The molecule has 2 aromatic carbocycles. The highest BCUT2D eigenvalue weighted by atomic mass is 16.5. The molecule has 2 aliphatic rings. The molecule has 0 radical (unpaired) electrons. The Balaban J connectivity index is 1.76. The second kappa shape index (κ2) is 5.88. The van der Waals surface area contributed by atoms with E-state index in [9.17, 15) is 9.59 Å². The lowest BCUT2D eigenvalue weighted by Crippen LogP contribution is -2.24. The van der Waals surface area contributed by atoms with Crippen LogP contribution in [-0.4, -0.2) is 38.1 Å². The van der Waals surface area contributed by atoms with Gasteiger partial charge in [-0.25, -0.2) is 0 Å². The van der Waals surface area contributed by atoms with Crippen LogP contribution in [-0.2, 0) is 0 Å². The Morgan fingerprint density at radius 3 is 2.12 bits per heavy atom. The summed E-state index contributed by atoms with van der Waals surface area (Å²) in [6.45, 7) is 1.87. The molecule has 2 aromatic rings. The van der Waals surface area contributed by atoms with Gasteiger partial charge < -0.3 is 20.1 Å². The smallest absolute Gasteiger partial charge is 0.255 e. The van der Waals surface area contributed by atoms with Crippen molar-refractivity contribution in [2.24, 2.45) is 0 Å². The predicted molar refractivity (Wildman–Crippen MR) is 87.5 cm³/mol. The molecule has 0 spiro atoms. The van der Waals surface area contributed by atoms with Gasteiger partial charge in [0.05, 0.1) is 24.2 Å². The van der Waals surface area contributed by atoms with Gasteiger partial charge in [0.15, 0.2) is 0 Å². The van der Waals surface area contributed by atoms with Crippen LogP contribution >= 0.6 is 0 Å². The number of rotatable bonds is 1. The summed E-state index contributed by atoms with van der Waals surface area (Å²) >= 11 is 0. The SMILES string of the molecule is O=C1NCCOc2cc(-c3ccc4c(c3)C(=O)NCCO4)ccc21. The Bertz CT molecular complexity index is 832. The molecule has 122 valence electrons. The second-order valence-electron chi connectivity index (χ2n) is 5.63. The van der Waals surface area contributed by atoms with Crippen LogP contribution in [0.5, 0.6) is 11.5 Å². The number of amides is 2. The summed E-state index contributed by atoms with van der Waals surface area (Å²) < 4.78 is 11.2. The standard InChI is InChI=1S/C18H16N2O4/c21-17-13-3-1-12(10-16(13)24-8-6-19-17)11-2-4-15-14(9-11)18(22)20-5-7-23-15/h1-4,9-10H,5-8H2,(H,19,21)(H,20,22). The number of carbonyl (C=O) groups excluding carboxylic acids is 2. The van der Waals surface area contributed by atoms with Crippen molar-refractivity contribution in [1.82, 2.24) is 10.6 Å². The van der Waals surface area contributed by atoms with Gasteiger partial charge in [0.25, 0.3) is 11.8 Å². The minimum Gasteiger partial charge on any atom is -0.491 e. The predicted octanol–water partition coefficient (Wildman–Crippen LogP) is 1.60. The average molecular weight is 324 g/mol. The molecule has 6 nitrogen and oxygen atoms in total. The van der Waals surface area contributed by atoms with Crippen molar-refractivity contribution in [1.29, 1.82) is 0 Å². The molecule has 24 heavy (non-hydrogen) atoms. The summed E-state index contributed by atoms with van der Waals surface area (Å²) in [4.78, 5) is 24.1. The van der Waals surface area contributed by atoms with Crippen molar-refractivity contribution in [3.8, 4) is 22.6 Å². The van der Waals surface area contributed by atoms with Crippen molar-refractivity contribution in [2.45, 2.75) is 0 Å². The minimum absolute atomic E-state index is 0.135. The third-order valence-electron chi connectivity index (χ3n) is 4.07. The topological polar surface area (TPSA) is 76.7 Å². The Morgan fingerprint density at radius 1 is 0.708 bits per heavy atom. The summed E-state index contributed by atoms with van der Waals surface area (Å²) in [6, 6.07) is 10.9. The fourth-order valence-electron chi connectivity index (χ4n) is 2.86. The van der Waals surface area contributed by atoms with Crippen molar-refractivity contribution >= 4 is 11.8 Å². The van der Waals surface area contributed by atoms with Crippen LogP contribution in [0.15, 0.2) is 36.4 Å². The number of hydrogen-bond acceptors (Lipinski definition) is 4. The first kappa shape index (κ1) is 14.6. The summed E-state index contributed by atoms with van der Waals surface area (Å²) in [6.07, 6.45) is 0. The van der Waals surface area contributed by atoms with E-state index in [0.717, 1.165) is 11.1 Å². The summed E-state index contributed by atoms with van der Waals surface area (Å²) in [5.41, 5.74) is 2.78. The maximum atomic E-state index is 12.1. The van der Waals surface area contributed by atoms with Gasteiger partial charge in [-0.1, -0.05) is 12.1 Å². The van der Waals surface area contributed by atoms with Crippen molar-refractivity contribution in [3.63, 3.8) is 0 Å². The number of benzene rings is 2. The normalized spacial score (nSPS) is 16.3. The first-order valence-corrected chi connectivity index (χ1v) is 7.83. The molecular formula is C18H16N2O4. The zero-order chi connectivity index (χ0) is 16.5. The Kier molecular flexibility index (Phi) is 3.57. The maximum absolute atomic E-state index is 12.1. The molecule has 4 rings (SSSR count). The van der Waals surface area contributed by atoms with Crippen molar-refractivity contribution < 1.29 is 19.1 Å². The molecule has 0 unspecified atom stereocenters. The first-order valence-electron chi connectivity index (χ1n) is 7.83. The van der Waals surface area contributed by atoms with Crippen LogP contribution in [0.1, 0.15) is 20.7 Å². The molecule has 0 aliphatic carbocycles. The summed E-state index contributed by atoms with van der Waals surface area (Å²) in [7, 11) is 0. The Labute approximate surface area is 138 Å². The van der Waals surface area contributed by atoms with Crippen molar-refractivity contribution in [3.05, 3.63) is 47.5 Å². The molecule has 2 aliphatic heterocycles. The highest BCUT2D eigenvalue weighted by Gasteiger charge is 2.19. The van der Waals surface area contributed by atoms with Crippen LogP contribution in [0.4, 0.5) is 0 Å². The monoisotopic (exact) mass is 324 g/mol. The van der Waals surface area contributed by atoms with Crippen LogP contribution < -0.4 is 20.1 Å². The Hall–Kier alpha value is -3.02. The molecule has 0 aromatic heterocycles. The zero-order valence-corrected chi connectivity index (χ0v) is 12.9. The second-order valence-corrected chi connectivity index (χ2v) is 5.63. The molecule has 2 heterocycles. The van der Waals surface area contributed by atoms with E-state index in [0.29, 0.717) is 48.9 Å². The van der Waals surface area contributed by atoms with E-state index in [2.05, 4.69) is 10.6 Å². The lowest BCUT2D eigenvalue weighted by atomic mass is 10.00. The minimum atomic E-state index is -0.144. The van der Waals surface area contributed by atoms with E-state index >= 15 is 0 Å². The lowest BCUT2D eigenvalue weighted by molar-refractivity contribution is 0.0949. The first-order chi connectivity index (χ1) is 11.7. The molecule has 0 fully saturated rings. The molecule has 0 atom stereocenters. The maximum Gasteiger partial charge on any atom is 0.255 e. The molecule has 2 N–H and O–H groups in total. The van der Waals surface area contributed by atoms with Gasteiger partial charge in [-0.3, -0.25) is 9.59 Å². The van der Waals surface area contributed by atoms with Gasteiger partial charge >= 0.3 is 0 Å². The van der Waals surface area contributed by atoms with E-state index in [-0.39, 0.29) is 11.8 Å². The fraction of sp³-hybridized carbons (Fsp3) is 0.222. The van der Waals surface area contributed by atoms with Crippen molar-refractivity contribution in [2.75, 3.05) is 26.3 Å². The molecule has 6 heteroatoms. The zero-order valence-electron chi connectivity index (χ0n) is 12.9. The molecule has 2 amide bonds. The summed E-state index contributed by atoms with van der Waals surface area (Å²) in [5, 5.41) is 5.58. The number of fused-ring (bicyclic) bond motifs is 2. The van der Waals surface area contributed by atoms with Gasteiger partial charge in [0.2, 0.25) is 0 Å². The van der Waals surface area contributed by atoms with Crippen LogP contribution in [0, 0.1) is 0 Å². The van der Waals surface area contributed by atoms with E-state index in [4.69, 9.17) is 9.47 Å². The fourth-order valence-corrected chi connectivity index (χ4v) is 2.86. The van der Waals surface area contributed by atoms with Gasteiger partial charge in [-0.05, 0) is 35.4 Å². The highest BCUT2D eigenvalue weighted by Crippen LogP contribution is 2.31. The largest absolute Gasteiger partial charge is 0.491 e. The number of nitrogens with one attached hydrogen (secondary N) is 2. The van der Waals surface area contributed by atoms with E-state index < -0.39 is 0 Å². The third-order valence-corrected chi connectivity index (χ3v) is 4.07. The van der Waals surface area contributed by atoms with Crippen LogP contribution in [0.3, 0.4) is 0 Å².